The Kier molecular flexibility index (Phi) is 7.31. The molecule has 2 aromatic carbocycles. The van der Waals surface area contributed by atoms with E-state index >= 15 is 0 Å². The van der Waals surface area contributed by atoms with Crippen LogP contribution in [0.5, 0.6) is 5.75 Å². The molecule has 32 heavy (non-hydrogen) atoms. The maximum Gasteiger partial charge on any atom is 0.343 e. The fraction of sp³-hybridized carbons (Fsp3) is 0.238. The average molecular weight is 503 g/mol. The molecule has 0 saturated heterocycles. The number of non-ortho nitro benzene ring substituents is 1. The van der Waals surface area contributed by atoms with Gasteiger partial charge in [-0.25, -0.2) is 9.78 Å². The van der Waals surface area contributed by atoms with Crippen molar-refractivity contribution in [2.45, 2.75) is 19.8 Å². The van der Waals surface area contributed by atoms with Gasteiger partial charge in [0.25, 0.3) is 11.2 Å². The van der Waals surface area contributed by atoms with Crippen LogP contribution in [0.2, 0.25) is 0 Å². The number of benzene rings is 2. The molecule has 166 valence electrons. The van der Waals surface area contributed by atoms with E-state index in [9.17, 15) is 19.7 Å². The standard InChI is InChI=1S/C21H19BrN4O6/c1-3-4-19-24-17-7-5-14(22)10-16(17)21(28)25(19)23-11-13-9-15(26(29)30)6-8-18(13)32-12-20(27)31-2/h5-11H,3-4,12H2,1-2H3. The molecule has 0 spiro atoms. The number of carbonyl (C=O) groups is 1. The minimum Gasteiger partial charge on any atom is -0.481 e. The molecule has 0 atom stereocenters. The zero-order chi connectivity index (χ0) is 23.3. The van der Waals surface area contributed by atoms with Crippen LogP contribution in [0.3, 0.4) is 0 Å². The van der Waals surface area contributed by atoms with E-state index in [1.165, 1.54) is 36.2 Å². The second-order valence-corrected chi connectivity index (χ2v) is 7.56. The Bertz CT molecular complexity index is 1270. The third-order valence-corrected chi connectivity index (χ3v) is 4.93. The van der Waals surface area contributed by atoms with Crippen molar-refractivity contribution in [3.8, 4) is 5.75 Å². The van der Waals surface area contributed by atoms with E-state index in [0.29, 0.717) is 23.1 Å². The minimum atomic E-state index is -0.614. The molecule has 10 nitrogen and oxygen atoms in total. The lowest BCUT2D eigenvalue weighted by molar-refractivity contribution is -0.384. The molecule has 0 aliphatic rings. The summed E-state index contributed by atoms with van der Waals surface area (Å²) in [6.07, 6.45) is 2.50. The Hall–Kier alpha value is -3.60. The van der Waals surface area contributed by atoms with Crippen LogP contribution in [-0.4, -0.2) is 40.5 Å². The summed E-state index contributed by atoms with van der Waals surface area (Å²) in [5.41, 5.74) is 0.189. The predicted molar refractivity (Wildman–Crippen MR) is 121 cm³/mol. The van der Waals surface area contributed by atoms with Crippen molar-refractivity contribution in [1.82, 2.24) is 9.66 Å². The van der Waals surface area contributed by atoms with Gasteiger partial charge in [0, 0.05) is 28.6 Å². The zero-order valence-electron chi connectivity index (χ0n) is 17.3. The van der Waals surface area contributed by atoms with Gasteiger partial charge >= 0.3 is 5.97 Å². The summed E-state index contributed by atoms with van der Waals surface area (Å²) in [5.74, 6) is 0.00867. The Balaban J connectivity index is 2.10. The van der Waals surface area contributed by atoms with Crippen LogP contribution >= 0.6 is 15.9 Å². The van der Waals surface area contributed by atoms with Gasteiger partial charge in [-0.3, -0.25) is 14.9 Å². The molecule has 0 N–H and O–H groups in total. The summed E-state index contributed by atoms with van der Waals surface area (Å²) in [4.78, 5) is 39.7. The van der Waals surface area contributed by atoms with Gasteiger partial charge in [-0.2, -0.15) is 9.78 Å². The third-order valence-electron chi connectivity index (χ3n) is 4.44. The number of rotatable bonds is 8. The van der Waals surface area contributed by atoms with E-state index in [0.717, 1.165) is 10.9 Å². The highest BCUT2D eigenvalue weighted by atomic mass is 79.9. The average Bonchev–Trinajstić information content (AvgIpc) is 2.78. The molecule has 0 radical (unpaired) electrons. The number of hydrogen-bond acceptors (Lipinski definition) is 8. The molecule has 0 aliphatic carbocycles. The smallest absolute Gasteiger partial charge is 0.343 e. The van der Waals surface area contributed by atoms with Gasteiger partial charge in [0.15, 0.2) is 6.61 Å². The summed E-state index contributed by atoms with van der Waals surface area (Å²) in [5, 5.41) is 15.8. The van der Waals surface area contributed by atoms with Crippen LogP contribution in [0.15, 0.2) is 50.8 Å². The van der Waals surface area contributed by atoms with Gasteiger partial charge in [-0.05, 0) is 30.7 Å². The number of nitrogens with zero attached hydrogens (tertiary/aromatic N) is 4. The first kappa shape index (κ1) is 23.1. The molecule has 11 heteroatoms. The SMILES string of the molecule is CCCc1nc2ccc(Br)cc2c(=O)n1N=Cc1cc([N+](=O)[O-])ccc1OCC(=O)OC. The van der Waals surface area contributed by atoms with Crippen LogP contribution in [-0.2, 0) is 16.0 Å². The summed E-state index contributed by atoms with van der Waals surface area (Å²) in [7, 11) is 1.22. The predicted octanol–water partition coefficient (Wildman–Crippen LogP) is 3.45. The highest BCUT2D eigenvalue weighted by Crippen LogP contribution is 2.23. The second kappa shape index (κ2) is 10.1. The van der Waals surface area contributed by atoms with Gasteiger partial charge in [0.05, 0.1) is 29.2 Å². The molecule has 0 fully saturated rings. The number of aryl methyl sites for hydroxylation is 1. The van der Waals surface area contributed by atoms with E-state index in [4.69, 9.17) is 4.74 Å². The highest BCUT2D eigenvalue weighted by Gasteiger charge is 2.14. The van der Waals surface area contributed by atoms with Crippen LogP contribution in [0, 0.1) is 10.1 Å². The van der Waals surface area contributed by atoms with Crippen LogP contribution < -0.4 is 10.3 Å². The Morgan fingerprint density at radius 3 is 2.78 bits per heavy atom. The van der Waals surface area contributed by atoms with Gasteiger partial charge in [0.1, 0.15) is 11.6 Å². The van der Waals surface area contributed by atoms with E-state index in [2.05, 4.69) is 30.8 Å². The summed E-state index contributed by atoms with van der Waals surface area (Å²) in [6, 6.07) is 9.04. The number of ether oxygens (including phenoxy) is 2. The quantitative estimate of drug-likeness (QED) is 0.200. The number of carbonyl (C=O) groups excluding carboxylic acids is 1. The number of nitro groups is 1. The van der Waals surface area contributed by atoms with E-state index in [1.54, 1.807) is 18.2 Å². The molecular formula is C21H19BrN4O6. The molecule has 0 bridgehead atoms. The molecular weight excluding hydrogens is 484 g/mol. The zero-order valence-corrected chi connectivity index (χ0v) is 18.9. The third kappa shape index (κ3) is 5.17. The molecule has 0 unspecified atom stereocenters. The molecule has 0 aliphatic heterocycles. The minimum absolute atomic E-state index is 0.173. The number of nitro benzene ring substituents is 1. The first-order chi connectivity index (χ1) is 15.3. The van der Waals surface area contributed by atoms with Crippen LogP contribution in [0.4, 0.5) is 5.69 Å². The summed E-state index contributed by atoms with van der Waals surface area (Å²) >= 11 is 3.35. The van der Waals surface area contributed by atoms with Crippen molar-refractivity contribution in [1.29, 1.82) is 0 Å². The topological polar surface area (TPSA) is 126 Å². The summed E-state index contributed by atoms with van der Waals surface area (Å²) < 4.78 is 11.8. The Morgan fingerprint density at radius 2 is 2.09 bits per heavy atom. The molecule has 0 amide bonds. The monoisotopic (exact) mass is 502 g/mol. The van der Waals surface area contributed by atoms with E-state index < -0.39 is 10.9 Å². The van der Waals surface area contributed by atoms with Crippen molar-refractivity contribution in [3.05, 3.63) is 72.7 Å². The van der Waals surface area contributed by atoms with Crippen molar-refractivity contribution in [3.63, 3.8) is 0 Å². The van der Waals surface area contributed by atoms with Gasteiger partial charge in [0.2, 0.25) is 0 Å². The van der Waals surface area contributed by atoms with Gasteiger partial charge in [-0.1, -0.05) is 22.9 Å². The molecule has 1 aromatic heterocycles. The number of hydrogen-bond donors (Lipinski definition) is 0. The first-order valence-corrected chi connectivity index (χ1v) is 10.4. The number of aromatic nitrogens is 2. The van der Waals surface area contributed by atoms with Crippen molar-refractivity contribution < 1.29 is 19.2 Å². The van der Waals surface area contributed by atoms with Crippen molar-refractivity contribution in [2.24, 2.45) is 5.10 Å². The molecule has 0 saturated carbocycles. The summed E-state index contributed by atoms with van der Waals surface area (Å²) in [6.45, 7) is 1.56. The van der Waals surface area contributed by atoms with E-state index in [1.807, 2.05) is 6.92 Å². The lowest BCUT2D eigenvalue weighted by atomic mass is 10.2. The number of methoxy groups -OCH3 is 1. The second-order valence-electron chi connectivity index (χ2n) is 6.65. The lowest BCUT2D eigenvalue weighted by Crippen LogP contribution is -2.22. The Morgan fingerprint density at radius 1 is 1.31 bits per heavy atom. The van der Waals surface area contributed by atoms with Crippen LogP contribution in [0.1, 0.15) is 24.7 Å². The Labute approximate surface area is 190 Å². The lowest BCUT2D eigenvalue weighted by Gasteiger charge is -2.10. The van der Waals surface area contributed by atoms with Crippen LogP contribution in [0.25, 0.3) is 10.9 Å². The molecule has 1 heterocycles. The maximum absolute atomic E-state index is 13.1. The van der Waals surface area contributed by atoms with Crippen molar-refractivity contribution in [2.75, 3.05) is 13.7 Å². The number of esters is 1. The van der Waals surface area contributed by atoms with Crippen molar-refractivity contribution >= 4 is 44.7 Å². The van der Waals surface area contributed by atoms with Gasteiger partial charge < -0.3 is 9.47 Å². The van der Waals surface area contributed by atoms with Gasteiger partial charge in [-0.15, -0.1) is 0 Å². The largest absolute Gasteiger partial charge is 0.481 e. The fourth-order valence-electron chi connectivity index (χ4n) is 2.90. The highest BCUT2D eigenvalue weighted by molar-refractivity contribution is 9.10. The molecule has 3 rings (SSSR count). The molecule has 3 aromatic rings. The van der Waals surface area contributed by atoms with E-state index in [-0.39, 0.29) is 29.2 Å². The maximum atomic E-state index is 13.1. The normalized spacial score (nSPS) is 11.1. The number of halogens is 1. The number of fused-ring (bicyclic) bond motifs is 1. The fourth-order valence-corrected chi connectivity index (χ4v) is 3.26. The first-order valence-electron chi connectivity index (χ1n) is 9.57.